The summed E-state index contributed by atoms with van der Waals surface area (Å²) < 4.78 is 18.1. The third-order valence-corrected chi connectivity index (χ3v) is 4.61. The van der Waals surface area contributed by atoms with Gasteiger partial charge in [0.1, 0.15) is 17.2 Å². The lowest BCUT2D eigenvalue weighted by Gasteiger charge is -2.30. The molecule has 3 aromatic rings. The van der Waals surface area contributed by atoms with Gasteiger partial charge in [-0.2, -0.15) is 0 Å². The van der Waals surface area contributed by atoms with Gasteiger partial charge in [0.05, 0.1) is 6.10 Å². The van der Waals surface area contributed by atoms with Crippen LogP contribution in [-0.2, 0) is 0 Å². The molecule has 1 heterocycles. The topological polar surface area (TPSA) is 59.2 Å². The molecule has 0 saturated heterocycles. The van der Waals surface area contributed by atoms with Gasteiger partial charge < -0.3 is 5.11 Å². The van der Waals surface area contributed by atoms with E-state index in [0.717, 1.165) is 27.8 Å². The van der Waals surface area contributed by atoms with Gasteiger partial charge in [-0.15, -0.1) is 0 Å². The molecule has 1 unspecified atom stereocenters. The zero-order valence-electron chi connectivity index (χ0n) is 12.7. The van der Waals surface area contributed by atoms with E-state index in [2.05, 4.69) is 10.3 Å². The van der Waals surface area contributed by atoms with Crippen molar-refractivity contribution >= 4 is 11.0 Å². The minimum atomic E-state index is -0.725. The van der Waals surface area contributed by atoms with Gasteiger partial charge in [-0.3, -0.25) is 0 Å². The Morgan fingerprint density at radius 3 is 2.74 bits per heavy atom. The summed E-state index contributed by atoms with van der Waals surface area (Å²) in [4.78, 5) is 0. The summed E-state index contributed by atoms with van der Waals surface area (Å²) in [7, 11) is 0. The molecule has 0 spiro atoms. The molecule has 1 N–H and O–H groups in total. The Kier molecular flexibility index (Phi) is 3.38. The van der Waals surface area contributed by atoms with Crippen molar-refractivity contribution in [1.29, 1.82) is 0 Å². The SMILES string of the molecule is CC(O)c1cccc(-c2cc(C3CC(F)C3)c3nonc3c2)c1. The highest BCUT2D eigenvalue weighted by atomic mass is 19.1. The lowest BCUT2D eigenvalue weighted by atomic mass is 9.77. The summed E-state index contributed by atoms with van der Waals surface area (Å²) in [6.45, 7) is 1.74. The summed E-state index contributed by atoms with van der Waals surface area (Å²) in [5.41, 5.74) is 5.23. The fraction of sp³-hybridized carbons (Fsp3) is 0.333. The molecular formula is C18H17FN2O2. The molecule has 0 bridgehead atoms. The van der Waals surface area contributed by atoms with Gasteiger partial charge in [0.2, 0.25) is 0 Å². The molecule has 1 aliphatic carbocycles. The normalized spacial score (nSPS) is 22.0. The van der Waals surface area contributed by atoms with E-state index < -0.39 is 12.3 Å². The first-order chi connectivity index (χ1) is 11.1. The van der Waals surface area contributed by atoms with Gasteiger partial charge in [-0.05, 0) is 76.4 Å². The lowest BCUT2D eigenvalue weighted by Crippen LogP contribution is -2.23. The highest BCUT2D eigenvalue weighted by Crippen LogP contribution is 2.42. The predicted octanol–water partition coefficient (Wildman–Crippen LogP) is 4.16. The number of aliphatic hydroxyl groups excluding tert-OH is 1. The van der Waals surface area contributed by atoms with E-state index in [9.17, 15) is 9.50 Å². The molecule has 1 fully saturated rings. The highest BCUT2D eigenvalue weighted by molar-refractivity contribution is 5.84. The van der Waals surface area contributed by atoms with Crippen molar-refractivity contribution in [2.75, 3.05) is 0 Å². The van der Waals surface area contributed by atoms with E-state index >= 15 is 0 Å². The summed E-state index contributed by atoms with van der Waals surface area (Å²) in [6, 6.07) is 11.7. The Morgan fingerprint density at radius 2 is 2.00 bits per heavy atom. The van der Waals surface area contributed by atoms with Crippen LogP contribution in [0.25, 0.3) is 22.2 Å². The van der Waals surface area contributed by atoms with Gasteiger partial charge >= 0.3 is 0 Å². The molecule has 1 aliphatic rings. The zero-order chi connectivity index (χ0) is 16.0. The monoisotopic (exact) mass is 312 g/mol. The maximum absolute atomic E-state index is 13.3. The summed E-state index contributed by atoms with van der Waals surface area (Å²) >= 11 is 0. The zero-order valence-corrected chi connectivity index (χ0v) is 12.7. The third kappa shape index (κ3) is 2.51. The Bertz CT molecular complexity index is 853. The highest BCUT2D eigenvalue weighted by Gasteiger charge is 2.32. The van der Waals surface area contributed by atoms with Crippen molar-refractivity contribution in [3.63, 3.8) is 0 Å². The molecule has 1 atom stereocenters. The molecule has 0 aliphatic heterocycles. The molecule has 2 aromatic carbocycles. The summed E-state index contributed by atoms with van der Waals surface area (Å²) in [6.07, 6.45) is -0.193. The maximum atomic E-state index is 13.3. The lowest BCUT2D eigenvalue weighted by molar-refractivity contribution is 0.179. The van der Waals surface area contributed by atoms with E-state index in [1.165, 1.54) is 0 Å². The Morgan fingerprint density at radius 1 is 1.17 bits per heavy atom. The van der Waals surface area contributed by atoms with Crippen LogP contribution in [0.2, 0.25) is 0 Å². The standard InChI is InChI=1S/C18H17FN2O2/c1-10(22)11-3-2-4-12(5-11)13-8-16(14-6-15(19)7-14)18-17(9-13)20-23-21-18/h2-5,8-10,14-15,22H,6-7H2,1H3. The number of benzene rings is 2. The van der Waals surface area contributed by atoms with Gasteiger partial charge in [-0.1, -0.05) is 18.2 Å². The minimum absolute atomic E-state index is 0.166. The van der Waals surface area contributed by atoms with Crippen molar-refractivity contribution in [2.45, 2.75) is 38.0 Å². The van der Waals surface area contributed by atoms with E-state index in [4.69, 9.17) is 4.63 Å². The maximum Gasteiger partial charge on any atom is 0.138 e. The van der Waals surface area contributed by atoms with E-state index in [1.807, 2.05) is 36.4 Å². The first-order valence-electron chi connectivity index (χ1n) is 7.80. The number of fused-ring (bicyclic) bond motifs is 1. The van der Waals surface area contributed by atoms with Crippen molar-refractivity contribution in [2.24, 2.45) is 0 Å². The Hall–Kier alpha value is -2.27. The quantitative estimate of drug-likeness (QED) is 0.789. The van der Waals surface area contributed by atoms with Gasteiger partial charge in [0, 0.05) is 0 Å². The minimum Gasteiger partial charge on any atom is -0.389 e. The van der Waals surface area contributed by atoms with Crippen LogP contribution < -0.4 is 0 Å². The van der Waals surface area contributed by atoms with Crippen LogP contribution in [-0.4, -0.2) is 21.6 Å². The van der Waals surface area contributed by atoms with Crippen molar-refractivity contribution in [3.8, 4) is 11.1 Å². The van der Waals surface area contributed by atoms with E-state index in [0.29, 0.717) is 18.4 Å². The number of nitrogens with zero attached hydrogens (tertiary/aromatic N) is 2. The molecule has 5 heteroatoms. The second kappa shape index (κ2) is 5.42. The van der Waals surface area contributed by atoms with Crippen molar-refractivity contribution in [1.82, 2.24) is 10.3 Å². The largest absolute Gasteiger partial charge is 0.389 e. The average Bonchev–Trinajstić information content (AvgIpc) is 2.99. The van der Waals surface area contributed by atoms with Crippen LogP contribution in [0.15, 0.2) is 41.0 Å². The first kappa shape index (κ1) is 14.3. The van der Waals surface area contributed by atoms with Crippen LogP contribution in [0, 0.1) is 0 Å². The number of hydrogen-bond acceptors (Lipinski definition) is 4. The van der Waals surface area contributed by atoms with Crippen LogP contribution >= 0.6 is 0 Å². The molecule has 0 radical (unpaired) electrons. The predicted molar refractivity (Wildman–Crippen MR) is 84.7 cm³/mol. The Balaban J connectivity index is 1.82. The summed E-state index contributed by atoms with van der Waals surface area (Å²) in [5.74, 6) is 0.166. The average molecular weight is 312 g/mol. The molecule has 4 rings (SSSR count). The third-order valence-electron chi connectivity index (χ3n) is 4.61. The second-order valence-corrected chi connectivity index (χ2v) is 6.26. The molecule has 1 aromatic heterocycles. The fourth-order valence-corrected chi connectivity index (χ4v) is 3.17. The number of hydrogen-bond donors (Lipinski definition) is 1. The van der Waals surface area contributed by atoms with E-state index in [-0.39, 0.29) is 5.92 Å². The number of rotatable bonds is 3. The molecular weight excluding hydrogens is 295 g/mol. The molecule has 118 valence electrons. The second-order valence-electron chi connectivity index (χ2n) is 6.26. The van der Waals surface area contributed by atoms with Gasteiger partial charge in [0.25, 0.3) is 0 Å². The number of alkyl halides is 1. The number of aliphatic hydroxyl groups is 1. The van der Waals surface area contributed by atoms with E-state index in [1.54, 1.807) is 6.92 Å². The number of aromatic nitrogens is 2. The van der Waals surface area contributed by atoms with Crippen molar-refractivity contribution < 1.29 is 14.1 Å². The first-order valence-corrected chi connectivity index (χ1v) is 7.80. The fourth-order valence-electron chi connectivity index (χ4n) is 3.17. The molecule has 0 amide bonds. The van der Waals surface area contributed by atoms with Crippen LogP contribution in [0.1, 0.15) is 42.9 Å². The molecule has 1 saturated carbocycles. The van der Waals surface area contributed by atoms with Gasteiger partial charge in [-0.25, -0.2) is 9.02 Å². The van der Waals surface area contributed by atoms with Crippen LogP contribution in [0.5, 0.6) is 0 Å². The Labute approximate surface area is 132 Å². The smallest absolute Gasteiger partial charge is 0.138 e. The van der Waals surface area contributed by atoms with Gasteiger partial charge in [0.15, 0.2) is 0 Å². The molecule has 4 nitrogen and oxygen atoms in total. The molecule has 23 heavy (non-hydrogen) atoms. The van der Waals surface area contributed by atoms with Crippen LogP contribution in [0.3, 0.4) is 0 Å². The summed E-state index contributed by atoms with van der Waals surface area (Å²) in [5, 5.41) is 17.7. The van der Waals surface area contributed by atoms with Crippen LogP contribution in [0.4, 0.5) is 4.39 Å². The van der Waals surface area contributed by atoms with Crippen molar-refractivity contribution in [3.05, 3.63) is 47.5 Å². The number of halogens is 1.